The van der Waals surface area contributed by atoms with E-state index in [2.05, 4.69) is 15.1 Å². The lowest BCUT2D eigenvalue weighted by atomic mass is 10.4. The van der Waals surface area contributed by atoms with E-state index >= 15 is 0 Å². The predicted molar refractivity (Wildman–Crippen MR) is 56.8 cm³/mol. The molecule has 0 saturated heterocycles. The molecule has 0 fully saturated rings. The number of nitrogens with zero attached hydrogens (tertiary/aromatic N) is 5. The van der Waals surface area contributed by atoms with E-state index in [0.717, 1.165) is 0 Å². The molecular weight excluding hydrogens is 222 g/mol. The van der Waals surface area contributed by atoms with Crippen LogP contribution in [-0.4, -0.2) is 25.7 Å². The molecule has 0 aliphatic rings. The lowest BCUT2D eigenvalue weighted by Crippen LogP contribution is -2.14. The van der Waals surface area contributed by atoms with E-state index in [-0.39, 0.29) is 22.9 Å². The maximum Gasteiger partial charge on any atom is 0.271 e. The molecule has 0 aliphatic heterocycles. The normalized spacial score (nSPS) is 9.82. The summed E-state index contributed by atoms with van der Waals surface area (Å²) in [5.74, 6) is -0.558. The Morgan fingerprint density at radius 3 is 2.71 bits per heavy atom. The van der Waals surface area contributed by atoms with Crippen LogP contribution < -0.4 is 11.5 Å². The fourth-order valence-corrected chi connectivity index (χ4v) is 1.26. The van der Waals surface area contributed by atoms with Gasteiger partial charge in [0.05, 0.1) is 11.9 Å². The van der Waals surface area contributed by atoms with Crippen molar-refractivity contribution in [2.45, 2.75) is 0 Å². The lowest BCUT2D eigenvalue weighted by molar-refractivity contribution is 0.0996. The molecule has 17 heavy (non-hydrogen) atoms. The number of anilines is 1. The van der Waals surface area contributed by atoms with E-state index in [1.165, 1.54) is 23.3 Å². The molecule has 0 unspecified atom stereocenters. The number of primary amides is 1. The zero-order valence-electron chi connectivity index (χ0n) is 8.53. The van der Waals surface area contributed by atoms with Crippen LogP contribution in [0.3, 0.4) is 0 Å². The minimum Gasteiger partial charge on any atom is -0.396 e. The van der Waals surface area contributed by atoms with Crippen molar-refractivity contribution in [2.24, 2.45) is 5.73 Å². The third-order valence-electron chi connectivity index (χ3n) is 1.98. The average molecular weight is 229 g/mol. The number of carbonyl (C=O) groups is 1. The van der Waals surface area contributed by atoms with Crippen molar-refractivity contribution in [3.63, 3.8) is 0 Å². The van der Waals surface area contributed by atoms with Crippen LogP contribution in [0.25, 0.3) is 5.82 Å². The van der Waals surface area contributed by atoms with Gasteiger partial charge in [-0.1, -0.05) is 0 Å². The Balaban J connectivity index is 2.58. The van der Waals surface area contributed by atoms with Crippen LogP contribution in [0.2, 0.25) is 0 Å². The molecule has 2 aromatic rings. The zero-order chi connectivity index (χ0) is 12.4. The number of amides is 1. The molecule has 84 valence electrons. The topological polar surface area (TPSA) is 136 Å². The molecule has 8 nitrogen and oxygen atoms in total. The third kappa shape index (κ3) is 1.76. The standard InChI is InChI=1S/C9H7N7O/c10-3-6-9(14-2-1-13-6)16-4-5(11)7(15-16)8(12)17/h1-2,4H,11H2,(H2,12,17). The van der Waals surface area contributed by atoms with Crippen LogP contribution >= 0.6 is 0 Å². The van der Waals surface area contributed by atoms with Crippen molar-refractivity contribution >= 4 is 11.6 Å². The smallest absolute Gasteiger partial charge is 0.271 e. The van der Waals surface area contributed by atoms with Gasteiger partial charge in [-0.15, -0.1) is 0 Å². The minimum absolute atomic E-state index is 0.0699. The number of nitrogens with two attached hydrogens (primary N) is 2. The highest BCUT2D eigenvalue weighted by Gasteiger charge is 2.15. The minimum atomic E-state index is -0.747. The van der Waals surface area contributed by atoms with Crippen LogP contribution in [0.15, 0.2) is 18.6 Å². The molecule has 0 bridgehead atoms. The number of carbonyl (C=O) groups excluding carboxylic acids is 1. The molecule has 0 radical (unpaired) electrons. The maximum absolute atomic E-state index is 11.0. The molecule has 0 aliphatic carbocycles. The number of nitrogen functional groups attached to an aromatic ring is 1. The van der Waals surface area contributed by atoms with E-state index in [1.54, 1.807) is 0 Å². The Kier molecular flexibility index (Phi) is 2.42. The molecule has 0 saturated carbocycles. The van der Waals surface area contributed by atoms with E-state index in [4.69, 9.17) is 16.7 Å². The summed E-state index contributed by atoms with van der Waals surface area (Å²) < 4.78 is 1.20. The monoisotopic (exact) mass is 229 g/mol. The summed E-state index contributed by atoms with van der Waals surface area (Å²) in [6.45, 7) is 0. The zero-order valence-corrected chi connectivity index (χ0v) is 8.53. The van der Waals surface area contributed by atoms with Crippen molar-refractivity contribution < 1.29 is 4.79 Å². The first-order chi connectivity index (χ1) is 8.13. The van der Waals surface area contributed by atoms with Gasteiger partial charge < -0.3 is 11.5 Å². The van der Waals surface area contributed by atoms with Crippen LogP contribution in [0.4, 0.5) is 5.69 Å². The van der Waals surface area contributed by atoms with Crippen molar-refractivity contribution in [1.29, 1.82) is 5.26 Å². The quantitative estimate of drug-likeness (QED) is 0.692. The first-order valence-corrected chi connectivity index (χ1v) is 4.50. The van der Waals surface area contributed by atoms with Gasteiger partial charge in [-0.3, -0.25) is 4.79 Å². The Morgan fingerprint density at radius 2 is 2.12 bits per heavy atom. The third-order valence-corrected chi connectivity index (χ3v) is 1.98. The molecule has 2 heterocycles. The van der Waals surface area contributed by atoms with Crippen LogP contribution in [0.5, 0.6) is 0 Å². The summed E-state index contributed by atoms with van der Waals surface area (Å²) in [6.07, 6.45) is 4.13. The molecule has 2 aromatic heterocycles. The first kappa shape index (κ1) is 10.6. The van der Waals surface area contributed by atoms with Gasteiger partial charge in [-0.25, -0.2) is 14.6 Å². The molecule has 1 amide bonds. The Hall–Kier alpha value is -2.95. The number of hydrogen-bond acceptors (Lipinski definition) is 6. The summed E-state index contributed by atoms with van der Waals surface area (Å²) in [7, 11) is 0. The molecule has 2 rings (SSSR count). The summed E-state index contributed by atoms with van der Waals surface area (Å²) in [5.41, 5.74) is 10.8. The summed E-state index contributed by atoms with van der Waals surface area (Å²) in [4.78, 5) is 18.7. The van der Waals surface area contributed by atoms with Gasteiger partial charge >= 0.3 is 0 Å². The summed E-state index contributed by atoms with van der Waals surface area (Å²) in [6, 6.07) is 1.86. The van der Waals surface area contributed by atoms with E-state index in [0.29, 0.717) is 0 Å². The van der Waals surface area contributed by atoms with Gasteiger partial charge in [0.15, 0.2) is 17.2 Å². The van der Waals surface area contributed by atoms with Crippen molar-refractivity contribution in [3.05, 3.63) is 30.0 Å². The number of rotatable bonds is 2. The van der Waals surface area contributed by atoms with E-state index in [9.17, 15) is 4.79 Å². The molecule has 0 aromatic carbocycles. The summed E-state index contributed by atoms with van der Waals surface area (Å²) in [5, 5.41) is 12.7. The molecule has 4 N–H and O–H groups in total. The highest BCUT2D eigenvalue weighted by Crippen LogP contribution is 2.13. The number of aromatic nitrogens is 4. The van der Waals surface area contributed by atoms with Crippen LogP contribution in [0, 0.1) is 11.3 Å². The van der Waals surface area contributed by atoms with Crippen LogP contribution in [0.1, 0.15) is 16.2 Å². The van der Waals surface area contributed by atoms with E-state index < -0.39 is 5.91 Å². The summed E-state index contributed by atoms with van der Waals surface area (Å²) >= 11 is 0. The SMILES string of the molecule is N#Cc1nccnc1-n1cc(N)c(C(N)=O)n1. The van der Waals surface area contributed by atoms with Crippen LogP contribution in [-0.2, 0) is 0 Å². The predicted octanol–water partition coefficient (Wildman–Crippen LogP) is -0.785. The average Bonchev–Trinajstić information content (AvgIpc) is 2.71. The molecule has 0 atom stereocenters. The van der Waals surface area contributed by atoms with Gasteiger partial charge in [-0.2, -0.15) is 10.4 Å². The van der Waals surface area contributed by atoms with Gasteiger partial charge in [0.1, 0.15) is 6.07 Å². The fraction of sp³-hybridized carbons (Fsp3) is 0. The molecule has 0 spiro atoms. The van der Waals surface area contributed by atoms with Gasteiger partial charge in [0.2, 0.25) is 0 Å². The Morgan fingerprint density at radius 1 is 1.41 bits per heavy atom. The van der Waals surface area contributed by atoms with Gasteiger partial charge in [0, 0.05) is 12.4 Å². The lowest BCUT2D eigenvalue weighted by Gasteiger charge is -1.99. The van der Waals surface area contributed by atoms with Crippen molar-refractivity contribution in [3.8, 4) is 11.9 Å². The fourth-order valence-electron chi connectivity index (χ4n) is 1.26. The highest BCUT2D eigenvalue weighted by molar-refractivity contribution is 5.95. The second-order valence-corrected chi connectivity index (χ2v) is 3.08. The van der Waals surface area contributed by atoms with Crippen molar-refractivity contribution in [1.82, 2.24) is 19.7 Å². The molecule has 8 heteroatoms. The van der Waals surface area contributed by atoms with Gasteiger partial charge in [-0.05, 0) is 0 Å². The largest absolute Gasteiger partial charge is 0.396 e. The molecular formula is C9H7N7O. The number of hydrogen-bond donors (Lipinski definition) is 2. The Bertz CT molecular complexity index is 625. The maximum atomic E-state index is 11.0. The second-order valence-electron chi connectivity index (χ2n) is 3.08. The number of nitriles is 1. The highest BCUT2D eigenvalue weighted by atomic mass is 16.1. The Labute approximate surface area is 95.5 Å². The first-order valence-electron chi connectivity index (χ1n) is 4.50. The van der Waals surface area contributed by atoms with Crippen molar-refractivity contribution in [2.75, 3.05) is 5.73 Å². The van der Waals surface area contributed by atoms with E-state index in [1.807, 2.05) is 6.07 Å². The van der Waals surface area contributed by atoms with Gasteiger partial charge in [0.25, 0.3) is 5.91 Å². The second kappa shape index (κ2) is 3.90.